The third kappa shape index (κ3) is 4.41. The van der Waals surface area contributed by atoms with Gasteiger partial charge in [-0.15, -0.1) is 0 Å². The Bertz CT molecular complexity index is 1280. The highest BCUT2D eigenvalue weighted by molar-refractivity contribution is 6.13. The highest BCUT2D eigenvalue weighted by atomic mass is 16.6. The van der Waals surface area contributed by atoms with E-state index in [-0.39, 0.29) is 17.3 Å². The van der Waals surface area contributed by atoms with Crippen molar-refractivity contribution in [3.8, 4) is 5.75 Å². The number of rotatable bonds is 6. The molecule has 1 aliphatic heterocycles. The van der Waals surface area contributed by atoms with Crippen LogP contribution >= 0.6 is 0 Å². The number of para-hydroxylation sites is 1. The van der Waals surface area contributed by atoms with E-state index in [0.29, 0.717) is 29.0 Å². The molecule has 0 spiro atoms. The van der Waals surface area contributed by atoms with E-state index in [9.17, 15) is 14.9 Å². The van der Waals surface area contributed by atoms with Crippen LogP contribution in [0.15, 0.2) is 77.4 Å². The SMILES string of the molecule is Cc1ccccc1COc1ccccc1/C=C1\N=C(c2ccc(C)c([N+](=O)[O-])c2)OC1=O. The van der Waals surface area contributed by atoms with Crippen LogP contribution in [0, 0.1) is 24.0 Å². The van der Waals surface area contributed by atoms with Gasteiger partial charge in [-0.2, -0.15) is 0 Å². The lowest BCUT2D eigenvalue weighted by Gasteiger charge is -2.11. The van der Waals surface area contributed by atoms with E-state index in [0.717, 1.165) is 11.1 Å². The fourth-order valence-corrected chi connectivity index (χ4v) is 3.28. The Labute approximate surface area is 184 Å². The van der Waals surface area contributed by atoms with Crippen LogP contribution in [0.25, 0.3) is 6.08 Å². The van der Waals surface area contributed by atoms with Crippen molar-refractivity contribution in [3.63, 3.8) is 0 Å². The number of ether oxygens (including phenoxy) is 2. The van der Waals surface area contributed by atoms with Crippen LogP contribution in [0.2, 0.25) is 0 Å². The largest absolute Gasteiger partial charge is 0.488 e. The number of nitro benzene ring substituents is 1. The summed E-state index contributed by atoms with van der Waals surface area (Å²) in [7, 11) is 0. The Morgan fingerprint density at radius 1 is 1.03 bits per heavy atom. The van der Waals surface area contributed by atoms with Crippen LogP contribution in [0.5, 0.6) is 5.75 Å². The number of aliphatic imine (C=N–C) groups is 1. The van der Waals surface area contributed by atoms with Crippen molar-refractivity contribution in [2.75, 3.05) is 0 Å². The smallest absolute Gasteiger partial charge is 0.363 e. The first-order valence-electron chi connectivity index (χ1n) is 9.96. The molecule has 7 nitrogen and oxygen atoms in total. The van der Waals surface area contributed by atoms with Gasteiger partial charge < -0.3 is 9.47 Å². The molecule has 1 aliphatic rings. The third-order valence-corrected chi connectivity index (χ3v) is 5.13. The summed E-state index contributed by atoms with van der Waals surface area (Å²) in [6.07, 6.45) is 1.59. The van der Waals surface area contributed by atoms with Gasteiger partial charge in [-0.05, 0) is 43.2 Å². The predicted octanol–water partition coefficient (Wildman–Crippen LogP) is 5.14. The van der Waals surface area contributed by atoms with E-state index in [2.05, 4.69) is 4.99 Å². The number of hydrogen-bond acceptors (Lipinski definition) is 6. The molecule has 1 heterocycles. The van der Waals surface area contributed by atoms with Gasteiger partial charge in [0.05, 0.1) is 4.92 Å². The van der Waals surface area contributed by atoms with Crippen LogP contribution in [0.4, 0.5) is 5.69 Å². The maximum absolute atomic E-state index is 12.4. The molecule has 0 N–H and O–H groups in total. The zero-order valence-corrected chi connectivity index (χ0v) is 17.6. The molecule has 0 aliphatic carbocycles. The van der Waals surface area contributed by atoms with Gasteiger partial charge in [0, 0.05) is 22.8 Å². The van der Waals surface area contributed by atoms with E-state index in [1.807, 2.05) is 55.5 Å². The summed E-state index contributed by atoms with van der Waals surface area (Å²) in [4.78, 5) is 27.4. The lowest BCUT2D eigenvalue weighted by molar-refractivity contribution is -0.385. The summed E-state index contributed by atoms with van der Waals surface area (Å²) in [5.41, 5.74) is 3.78. The molecule has 0 atom stereocenters. The number of hydrogen-bond donors (Lipinski definition) is 0. The molecule has 3 aromatic rings. The predicted molar refractivity (Wildman–Crippen MR) is 120 cm³/mol. The first-order chi connectivity index (χ1) is 15.4. The van der Waals surface area contributed by atoms with Crippen molar-refractivity contribution < 1.29 is 19.2 Å². The second kappa shape index (κ2) is 8.85. The molecule has 0 saturated heterocycles. The van der Waals surface area contributed by atoms with Crippen molar-refractivity contribution in [1.29, 1.82) is 0 Å². The molecule has 0 aromatic heterocycles. The molecular formula is C25H20N2O5. The van der Waals surface area contributed by atoms with Crippen molar-refractivity contribution in [3.05, 3.63) is 110 Å². The van der Waals surface area contributed by atoms with Crippen LogP contribution in [-0.4, -0.2) is 16.8 Å². The molecule has 0 fully saturated rings. The molecule has 0 unspecified atom stereocenters. The molecule has 160 valence electrons. The monoisotopic (exact) mass is 428 g/mol. The van der Waals surface area contributed by atoms with Gasteiger partial charge in [0.25, 0.3) is 5.69 Å². The highest BCUT2D eigenvalue weighted by Crippen LogP contribution is 2.27. The number of aryl methyl sites for hydroxylation is 2. The Morgan fingerprint density at radius 2 is 1.78 bits per heavy atom. The normalized spacial score (nSPS) is 14.2. The molecule has 32 heavy (non-hydrogen) atoms. The Hall–Kier alpha value is -4.26. The number of cyclic esters (lactones) is 1. The molecule has 0 bridgehead atoms. The first-order valence-corrected chi connectivity index (χ1v) is 9.96. The highest BCUT2D eigenvalue weighted by Gasteiger charge is 2.26. The zero-order chi connectivity index (χ0) is 22.7. The summed E-state index contributed by atoms with van der Waals surface area (Å²) in [6.45, 7) is 4.05. The minimum Gasteiger partial charge on any atom is -0.488 e. The number of nitrogens with zero attached hydrogens (tertiary/aromatic N) is 2. The molecule has 0 radical (unpaired) electrons. The van der Waals surface area contributed by atoms with E-state index < -0.39 is 10.9 Å². The molecule has 0 saturated carbocycles. The Balaban J connectivity index is 1.61. The van der Waals surface area contributed by atoms with Gasteiger partial charge in [0.15, 0.2) is 5.70 Å². The average Bonchev–Trinajstić information content (AvgIpc) is 3.14. The quantitative estimate of drug-likeness (QED) is 0.235. The average molecular weight is 428 g/mol. The van der Waals surface area contributed by atoms with E-state index in [1.54, 1.807) is 25.1 Å². The van der Waals surface area contributed by atoms with Gasteiger partial charge in [-0.1, -0.05) is 48.5 Å². The van der Waals surface area contributed by atoms with Gasteiger partial charge >= 0.3 is 5.97 Å². The maximum atomic E-state index is 12.4. The van der Waals surface area contributed by atoms with Crippen LogP contribution in [0.1, 0.15) is 27.8 Å². The third-order valence-electron chi connectivity index (χ3n) is 5.13. The number of carbonyl (C=O) groups is 1. The molecule has 4 rings (SSSR count). The number of benzene rings is 3. The molecule has 0 amide bonds. The summed E-state index contributed by atoms with van der Waals surface area (Å²) in [5.74, 6) is 0.00488. The van der Waals surface area contributed by atoms with Crippen LogP contribution < -0.4 is 4.74 Å². The standard InChI is InChI=1S/C25H20N2O5/c1-16-7-3-4-9-20(16)15-31-23-10-6-5-8-18(23)13-21-25(28)32-24(26-21)19-12-11-17(2)22(14-19)27(29)30/h3-14H,15H2,1-2H3/b21-13-. The Morgan fingerprint density at radius 3 is 2.56 bits per heavy atom. The van der Waals surface area contributed by atoms with Crippen molar-refractivity contribution in [1.82, 2.24) is 0 Å². The Kier molecular flexibility index (Phi) is 5.81. The minimum absolute atomic E-state index is 0.0302. The van der Waals surface area contributed by atoms with Crippen LogP contribution in [-0.2, 0) is 16.1 Å². The number of nitro groups is 1. The van der Waals surface area contributed by atoms with Gasteiger partial charge in [0.2, 0.25) is 5.90 Å². The van der Waals surface area contributed by atoms with E-state index >= 15 is 0 Å². The lowest BCUT2D eigenvalue weighted by atomic mass is 10.1. The van der Waals surface area contributed by atoms with Gasteiger partial charge in [-0.3, -0.25) is 10.1 Å². The molecule has 3 aromatic carbocycles. The van der Waals surface area contributed by atoms with Crippen molar-refractivity contribution >= 4 is 23.6 Å². The lowest BCUT2D eigenvalue weighted by Crippen LogP contribution is -2.06. The zero-order valence-electron chi connectivity index (χ0n) is 17.6. The molecule has 7 heteroatoms. The van der Waals surface area contributed by atoms with Crippen LogP contribution in [0.3, 0.4) is 0 Å². The van der Waals surface area contributed by atoms with Gasteiger partial charge in [-0.25, -0.2) is 9.79 Å². The topological polar surface area (TPSA) is 91.0 Å². The minimum atomic E-state index is -0.628. The summed E-state index contributed by atoms with van der Waals surface area (Å²) < 4.78 is 11.3. The number of carbonyl (C=O) groups excluding carboxylic acids is 1. The fourth-order valence-electron chi connectivity index (χ4n) is 3.28. The van der Waals surface area contributed by atoms with Crippen molar-refractivity contribution in [2.45, 2.75) is 20.5 Å². The second-order valence-corrected chi connectivity index (χ2v) is 7.35. The molecular weight excluding hydrogens is 408 g/mol. The van der Waals surface area contributed by atoms with E-state index in [1.165, 1.54) is 6.07 Å². The second-order valence-electron chi connectivity index (χ2n) is 7.35. The summed E-state index contributed by atoms with van der Waals surface area (Å²) in [6, 6.07) is 19.9. The summed E-state index contributed by atoms with van der Waals surface area (Å²) >= 11 is 0. The summed E-state index contributed by atoms with van der Waals surface area (Å²) in [5, 5.41) is 11.2. The first kappa shape index (κ1) is 21.0. The van der Waals surface area contributed by atoms with Gasteiger partial charge in [0.1, 0.15) is 12.4 Å². The maximum Gasteiger partial charge on any atom is 0.363 e. The fraction of sp³-hybridized carbons (Fsp3) is 0.120. The van der Waals surface area contributed by atoms with E-state index in [4.69, 9.17) is 9.47 Å². The van der Waals surface area contributed by atoms with Crippen molar-refractivity contribution in [2.24, 2.45) is 4.99 Å². The number of esters is 1.